The number of hydrogen-bond donors (Lipinski definition) is 0. The van der Waals surface area contributed by atoms with Gasteiger partial charge in [-0.1, -0.05) is 159 Å². The standard InChI is InChI=1S/C42H57F3O4/c1-3-5-7-9-11-12-13-14-16-21-31-41(32-29-35(30-33-41)34-22-18-17-19-23-34)40(47)48-37-27-25-36(26-28-37)39(46)49-38(42(43,44)45)24-20-15-10-8-6-4-2/h17-19,22-23,25-30,32,38H,3-16,20-21,24,31,33H2,1-2H3. The molecule has 4 nitrogen and oxygen atoms in total. The molecule has 3 rings (SSSR count). The van der Waals surface area contributed by atoms with E-state index in [9.17, 15) is 22.8 Å². The van der Waals surface area contributed by atoms with Crippen LogP contribution in [0, 0.1) is 5.41 Å². The molecule has 0 aliphatic heterocycles. The van der Waals surface area contributed by atoms with E-state index >= 15 is 0 Å². The quantitative estimate of drug-likeness (QED) is 0.0665. The van der Waals surface area contributed by atoms with Crippen LogP contribution in [0.3, 0.4) is 0 Å². The van der Waals surface area contributed by atoms with Crippen molar-refractivity contribution in [1.82, 2.24) is 0 Å². The van der Waals surface area contributed by atoms with Crippen molar-refractivity contribution in [3.8, 4) is 5.75 Å². The zero-order chi connectivity index (χ0) is 35.4. The fourth-order valence-electron chi connectivity index (χ4n) is 6.35. The highest BCUT2D eigenvalue weighted by atomic mass is 19.4. The summed E-state index contributed by atoms with van der Waals surface area (Å²) in [5.74, 6) is -1.19. The summed E-state index contributed by atoms with van der Waals surface area (Å²) in [7, 11) is 0. The number of benzene rings is 2. The Morgan fingerprint density at radius 1 is 0.735 bits per heavy atom. The molecule has 0 N–H and O–H groups in total. The smallest absolute Gasteiger partial charge is 0.425 e. The third-order valence-corrected chi connectivity index (χ3v) is 9.49. The van der Waals surface area contributed by atoms with E-state index < -0.39 is 23.7 Å². The summed E-state index contributed by atoms with van der Waals surface area (Å²) in [5.41, 5.74) is 1.29. The highest BCUT2D eigenvalue weighted by molar-refractivity contribution is 5.90. The largest absolute Gasteiger partial charge is 0.449 e. The van der Waals surface area contributed by atoms with Gasteiger partial charge >= 0.3 is 18.1 Å². The van der Waals surface area contributed by atoms with E-state index in [0.717, 1.165) is 56.1 Å². The van der Waals surface area contributed by atoms with E-state index in [1.807, 2.05) is 42.5 Å². The van der Waals surface area contributed by atoms with E-state index in [-0.39, 0.29) is 23.7 Å². The molecule has 0 radical (unpaired) electrons. The molecule has 2 unspecified atom stereocenters. The molecule has 7 heteroatoms. The lowest BCUT2D eigenvalue weighted by Crippen LogP contribution is -2.34. The molecular formula is C42H57F3O4. The number of alkyl halides is 3. The number of halogens is 3. The number of allylic oxidation sites excluding steroid dienone is 3. The molecule has 270 valence electrons. The molecule has 0 saturated carbocycles. The van der Waals surface area contributed by atoms with Crippen LogP contribution in [0.2, 0.25) is 0 Å². The Hall–Kier alpha value is -3.35. The van der Waals surface area contributed by atoms with E-state index in [1.54, 1.807) is 0 Å². The number of esters is 2. The van der Waals surface area contributed by atoms with Gasteiger partial charge in [0.25, 0.3) is 0 Å². The van der Waals surface area contributed by atoms with Gasteiger partial charge in [-0.2, -0.15) is 13.2 Å². The Morgan fingerprint density at radius 3 is 1.82 bits per heavy atom. The van der Waals surface area contributed by atoms with Gasteiger partial charge in [-0.05, 0) is 61.1 Å². The molecule has 49 heavy (non-hydrogen) atoms. The molecule has 0 spiro atoms. The van der Waals surface area contributed by atoms with Gasteiger partial charge in [-0.15, -0.1) is 0 Å². The molecule has 0 saturated heterocycles. The van der Waals surface area contributed by atoms with Crippen molar-refractivity contribution in [2.24, 2.45) is 5.41 Å². The fourth-order valence-corrected chi connectivity index (χ4v) is 6.35. The van der Waals surface area contributed by atoms with Gasteiger partial charge in [0.05, 0.1) is 11.0 Å². The van der Waals surface area contributed by atoms with Crippen LogP contribution in [0.25, 0.3) is 5.57 Å². The summed E-state index contributed by atoms with van der Waals surface area (Å²) in [6.45, 7) is 4.31. The van der Waals surface area contributed by atoms with E-state index in [4.69, 9.17) is 9.47 Å². The van der Waals surface area contributed by atoms with Gasteiger partial charge in [-0.3, -0.25) is 4.79 Å². The van der Waals surface area contributed by atoms with Crippen LogP contribution in [0.5, 0.6) is 5.75 Å². The second-order valence-corrected chi connectivity index (χ2v) is 13.6. The molecule has 2 aromatic rings. The second kappa shape index (κ2) is 21.7. The van der Waals surface area contributed by atoms with Crippen LogP contribution in [0.15, 0.2) is 72.8 Å². The summed E-state index contributed by atoms with van der Waals surface area (Å²) in [4.78, 5) is 26.4. The van der Waals surface area contributed by atoms with Crippen LogP contribution in [0.1, 0.15) is 152 Å². The fraction of sp³-hybridized carbons (Fsp3) is 0.571. The minimum Gasteiger partial charge on any atom is -0.449 e. The van der Waals surface area contributed by atoms with Crippen molar-refractivity contribution in [2.75, 3.05) is 0 Å². The zero-order valence-electron chi connectivity index (χ0n) is 29.7. The topological polar surface area (TPSA) is 52.6 Å². The first-order valence-corrected chi connectivity index (χ1v) is 18.7. The molecule has 0 amide bonds. The van der Waals surface area contributed by atoms with Crippen LogP contribution in [-0.2, 0) is 9.53 Å². The third-order valence-electron chi connectivity index (χ3n) is 9.49. The molecule has 0 bridgehead atoms. The van der Waals surface area contributed by atoms with Crippen LogP contribution in [-0.4, -0.2) is 24.2 Å². The highest BCUT2D eigenvalue weighted by Gasteiger charge is 2.42. The first-order chi connectivity index (χ1) is 23.7. The SMILES string of the molecule is CCCCCCCCCCCCC1(C(=O)Oc2ccc(C(=O)OC(CCCCCCCC)C(F)(F)F)cc2)C=CC(c2ccccc2)=CC1. The molecule has 1 aliphatic carbocycles. The summed E-state index contributed by atoms with van der Waals surface area (Å²) in [6, 6.07) is 15.6. The molecule has 0 aromatic heterocycles. The van der Waals surface area contributed by atoms with Crippen molar-refractivity contribution in [2.45, 2.75) is 148 Å². The Morgan fingerprint density at radius 2 is 1.29 bits per heavy atom. The van der Waals surface area contributed by atoms with Gasteiger partial charge in [-0.25, -0.2) is 4.79 Å². The predicted molar refractivity (Wildman–Crippen MR) is 192 cm³/mol. The van der Waals surface area contributed by atoms with Crippen LogP contribution in [0.4, 0.5) is 13.2 Å². The van der Waals surface area contributed by atoms with E-state index in [2.05, 4.69) is 19.9 Å². The third kappa shape index (κ3) is 14.2. The maximum atomic E-state index is 13.8. The van der Waals surface area contributed by atoms with Crippen molar-refractivity contribution >= 4 is 17.5 Å². The number of carbonyl (C=O) groups excluding carboxylic acids is 2. The van der Waals surface area contributed by atoms with Crippen molar-refractivity contribution in [3.05, 3.63) is 84.0 Å². The normalized spacial score (nSPS) is 16.6. The maximum Gasteiger partial charge on any atom is 0.425 e. The second-order valence-electron chi connectivity index (χ2n) is 13.6. The van der Waals surface area contributed by atoms with Crippen molar-refractivity contribution in [3.63, 3.8) is 0 Å². The average Bonchev–Trinajstić information content (AvgIpc) is 3.10. The first-order valence-electron chi connectivity index (χ1n) is 18.7. The summed E-state index contributed by atoms with van der Waals surface area (Å²) >= 11 is 0. The van der Waals surface area contributed by atoms with Crippen molar-refractivity contribution < 1.29 is 32.2 Å². The first kappa shape index (κ1) is 40.1. The van der Waals surface area contributed by atoms with Gasteiger partial charge < -0.3 is 9.47 Å². The van der Waals surface area contributed by atoms with Crippen LogP contribution < -0.4 is 4.74 Å². The minimum atomic E-state index is -4.64. The zero-order valence-corrected chi connectivity index (χ0v) is 29.7. The molecule has 0 fully saturated rings. The molecule has 2 aromatic carbocycles. The number of hydrogen-bond acceptors (Lipinski definition) is 4. The number of rotatable bonds is 23. The van der Waals surface area contributed by atoms with Gasteiger partial charge in [0.2, 0.25) is 0 Å². The Bertz CT molecular complexity index is 1300. The maximum absolute atomic E-state index is 13.8. The lowest BCUT2D eigenvalue weighted by atomic mass is 9.75. The highest BCUT2D eigenvalue weighted by Crippen LogP contribution is 2.39. The molecular weight excluding hydrogens is 625 g/mol. The molecule has 2 atom stereocenters. The molecule has 0 heterocycles. The van der Waals surface area contributed by atoms with E-state index in [1.165, 1.54) is 69.2 Å². The Labute approximate surface area is 292 Å². The number of carbonyl (C=O) groups is 2. The lowest BCUT2D eigenvalue weighted by Gasteiger charge is -2.30. The predicted octanol–water partition coefficient (Wildman–Crippen LogP) is 12.8. The Balaban J connectivity index is 1.59. The van der Waals surface area contributed by atoms with Crippen molar-refractivity contribution in [1.29, 1.82) is 0 Å². The Kier molecular flexibility index (Phi) is 17.7. The van der Waals surface area contributed by atoms with E-state index in [0.29, 0.717) is 25.7 Å². The monoisotopic (exact) mass is 682 g/mol. The summed E-state index contributed by atoms with van der Waals surface area (Å²) in [5, 5.41) is 0. The number of ether oxygens (including phenoxy) is 2. The summed E-state index contributed by atoms with van der Waals surface area (Å²) in [6.07, 6.45) is 17.2. The summed E-state index contributed by atoms with van der Waals surface area (Å²) < 4.78 is 51.7. The van der Waals surface area contributed by atoms with Crippen LogP contribution >= 0.6 is 0 Å². The van der Waals surface area contributed by atoms with Gasteiger partial charge in [0.1, 0.15) is 5.75 Å². The molecule has 1 aliphatic rings. The lowest BCUT2D eigenvalue weighted by molar-refractivity contribution is -0.206. The van der Waals surface area contributed by atoms with Gasteiger partial charge in [0.15, 0.2) is 6.10 Å². The minimum absolute atomic E-state index is 0.0231. The van der Waals surface area contributed by atoms with Gasteiger partial charge in [0, 0.05) is 0 Å². The average molecular weight is 683 g/mol. The number of unbranched alkanes of at least 4 members (excludes halogenated alkanes) is 14.